The minimum Gasteiger partial charge on any atom is -0.497 e. The van der Waals surface area contributed by atoms with Crippen molar-refractivity contribution < 1.29 is 27.1 Å². The van der Waals surface area contributed by atoms with Crippen LogP contribution >= 0.6 is 0 Å². The molecule has 1 fully saturated rings. The van der Waals surface area contributed by atoms with Gasteiger partial charge in [0.2, 0.25) is 5.89 Å². The highest BCUT2D eigenvalue weighted by molar-refractivity contribution is 5.90. The lowest BCUT2D eigenvalue weighted by molar-refractivity contribution is -0.136. The van der Waals surface area contributed by atoms with E-state index in [1.54, 1.807) is 7.11 Å². The van der Waals surface area contributed by atoms with Crippen LogP contribution in [0.3, 0.4) is 0 Å². The van der Waals surface area contributed by atoms with Crippen molar-refractivity contribution in [1.29, 1.82) is 0 Å². The number of ether oxygens (including phenoxy) is 1. The Morgan fingerprint density at radius 1 is 1.09 bits per heavy atom. The molecule has 0 radical (unpaired) electrons. The lowest BCUT2D eigenvalue weighted by Crippen LogP contribution is -2.49. The number of halogens is 3. The first-order valence-electron chi connectivity index (χ1n) is 10.8. The van der Waals surface area contributed by atoms with Crippen LogP contribution in [0.25, 0.3) is 11.5 Å². The number of carbonyl (C=O) groups is 1. The average molecular weight is 474 g/mol. The molecule has 1 aliphatic heterocycles. The SMILES string of the molecule is COc1ccc(-c2nc(CN3CCN(C(=O)Nc4ccccc4C(F)(F)F)CC3)c(C)o2)cc1. The monoisotopic (exact) mass is 474 g/mol. The number of hydrogen-bond acceptors (Lipinski definition) is 5. The Morgan fingerprint density at radius 3 is 2.41 bits per heavy atom. The number of methoxy groups -OCH3 is 1. The largest absolute Gasteiger partial charge is 0.497 e. The molecule has 2 aromatic carbocycles. The molecule has 0 atom stereocenters. The van der Waals surface area contributed by atoms with Crippen molar-refractivity contribution in [2.45, 2.75) is 19.6 Å². The highest BCUT2D eigenvalue weighted by atomic mass is 19.4. The van der Waals surface area contributed by atoms with Gasteiger partial charge >= 0.3 is 12.2 Å². The second-order valence-electron chi connectivity index (χ2n) is 7.99. The number of oxazole rings is 1. The van der Waals surface area contributed by atoms with Gasteiger partial charge in [0.15, 0.2) is 0 Å². The number of hydrogen-bond donors (Lipinski definition) is 1. The second-order valence-corrected chi connectivity index (χ2v) is 7.99. The summed E-state index contributed by atoms with van der Waals surface area (Å²) in [5.74, 6) is 1.99. The predicted octanol–water partition coefficient (Wildman–Crippen LogP) is 5.03. The van der Waals surface area contributed by atoms with Gasteiger partial charge in [0.25, 0.3) is 0 Å². The van der Waals surface area contributed by atoms with Crippen LogP contribution in [0.5, 0.6) is 5.75 Å². The number of alkyl halides is 3. The Morgan fingerprint density at radius 2 is 1.76 bits per heavy atom. The third-order valence-corrected chi connectivity index (χ3v) is 5.74. The van der Waals surface area contributed by atoms with E-state index in [9.17, 15) is 18.0 Å². The molecule has 1 N–H and O–H groups in total. The van der Waals surface area contributed by atoms with Crippen LogP contribution < -0.4 is 10.1 Å². The number of aromatic nitrogens is 1. The van der Waals surface area contributed by atoms with Crippen molar-refractivity contribution in [2.75, 3.05) is 38.6 Å². The quantitative estimate of drug-likeness (QED) is 0.562. The Kier molecular flexibility index (Phi) is 6.78. The maximum Gasteiger partial charge on any atom is 0.418 e. The van der Waals surface area contributed by atoms with Crippen LogP contribution in [0.4, 0.5) is 23.7 Å². The molecule has 7 nitrogen and oxygen atoms in total. The predicted molar refractivity (Wildman–Crippen MR) is 121 cm³/mol. The summed E-state index contributed by atoms with van der Waals surface area (Å²) >= 11 is 0. The van der Waals surface area contributed by atoms with Gasteiger partial charge in [0.1, 0.15) is 11.5 Å². The molecule has 0 aliphatic carbocycles. The zero-order valence-corrected chi connectivity index (χ0v) is 18.9. The van der Waals surface area contributed by atoms with Crippen molar-refractivity contribution in [2.24, 2.45) is 0 Å². The summed E-state index contributed by atoms with van der Waals surface area (Å²) in [6.45, 7) is 4.33. The molecular formula is C24H25F3N4O3. The molecule has 2 heterocycles. The molecule has 2 amide bonds. The number of rotatable bonds is 5. The Bertz CT molecular complexity index is 1140. The molecule has 180 valence electrons. The van der Waals surface area contributed by atoms with Crippen LogP contribution in [0.2, 0.25) is 0 Å². The number of nitrogens with one attached hydrogen (secondary N) is 1. The third-order valence-electron chi connectivity index (χ3n) is 5.74. The van der Waals surface area contributed by atoms with E-state index >= 15 is 0 Å². The summed E-state index contributed by atoms with van der Waals surface area (Å²) < 4.78 is 50.6. The maximum atomic E-state index is 13.2. The van der Waals surface area contributed by atoms with Crippen LogP contribution in [-0.4, -0.2) is 54.1 Å². The lowest BCUT2D eigenvalue weighted by Gasteiger charge is -2.34. The zero-order chi connectivity index (χ0) is 24.3. The first-order valence-corrected chi connectivity index (χ1v) is 10.8. The molecule has 3 aromatic rings. The van der Waals surface area contributed by atoms with Gasteiger partial charge in [0, 0.05) is 38.3 Å². The van der Waals surface area contributed by atoms with Gasteiger partial charge in [-0.1, -0.05) is 12.1 Å². The summed E-state index contributed by atoms with van der Waals surface area (Å²) in [5, 5.41) is 2.40. The summed E-state index contributed by atoms with van der Waals surface area (Å²) in [5.41, 5.74) is 0.543. The first-order chi connectivity index (χ1) is 16.2. The maximum absolute atomic E-state index is 13.2. The van der Waals surface area contributed by atoms with E-state index in [4.69, 9.17) is 9.15 Å². The van der Waals surface area contributed by atoms with E-state index in [0.717, 1.165) is 28.8 Å². The zero-order valence-electron chi connectivity index (χ0n) is 18.9. The summed E-state index contributed by atoms with van der Waals surface area (Å²) in [6.07, 6.45) is -4.54. The summed E-state index contributed by atoms with van der Waals surface area (Å²) in [7, 11) is 1.60. The van der Waals surface area contributed by atoms with Crippen LogP contribution in [0.1, 0.15) is 17.0 Å². The normalized spacial score (nSPS) is 14.8. The summed E-state index contributed by atoms with van der Waals surface area (Å²) in [4.78, 5) is 20.8. The molecule has 4 rings (SSSR count). The minimum absolute atomic E-state index is 0.244. The number of nitrogens with zero attached hydrogens (tertiary/aromatic N) is 3. The van der Waals surface area contributed by atoms with E-state index in [1.807, 2.05) is 31.2 Å². The van der Waals surface area contributed by atoms with E-state index in [-0.39, 0.29) is 5.69 Å². The number of amides is 2. The molecule has 0 bridgehead atoms. The third kappa shape index (κ3) is 5.33. The highest BCUT2D eigenvalue weighted by Gasteiger charge is 2.34. The lowest BCUT2D eigenvalue weighted by atomic mass is 10.1. The van der Waals surface area contributed by atoms with Crippen molar-refractivity contribution >= 4 is 11.7 Å². The fourth-order valence-corrected chi connectivity index (χ4v) is 3.79. The fourth-order valence-electron chi connectivity index (χ4n) is 3.79. The average Bonchev–Trinajstić information content (AvgIpc) is 3.19. The first kappa shape index (κ1) is 23.6. The van der Waals surface area contributed by atoms with Crippen molar-refractivity contribution in [3.8, 4) is 17.2 Å². The van der Waals surface area contributed by atoms with Crippen molar-refractivity contribution in [3.05, 3.63) is 65.5 Å². The smallest absolute Gasteiger partial charge is 0.418 e. The number of piperazine rings is 1. The van der Waals surface area contributed by atoms with E-state index in [1.165, 1.54) is 23.1 Å². The molecule has 0 unspecified atom stereocenters. The number of carbonyl (C=O) groups excluding carboxylic acids is 1. The molecule has 1 aliphatic rings. The van der Waals surface area contributed by atoms with E-state index in [2.05, 4.69) is 15.2 Å². The van der Waals surface area contributed by atoms with Crippen molar-refractivity contribution in [3.63, 3.8) is 0 Å². The van der Waals surface area contributed by atoms with Crippen LogP contribution in [0, 0.1) is 6.92 Å². The number of anilines is 1. The topological polar surface area (TPSA) is 70.8 Å². The van der Waals surface area contributed by atoms with E-state index < -0.39 is 17.8 Å². The van der Waals surface area contributed by atoms with Crippen LogP contribution in [0.15, 0.2) is 52.9 Å². The number of benzene rings is 2. The molecule has 10 heteroatoms. The van der Waals surface area contributed by atoms with Crippen molar-refractivity contribution in [1.82, 2.24) is 14.8 Å². The van der Waals surface area contributed by atoms with Gasteiger partial charge in [-0.05, 0) is 43.3 Å². The molecule has 1 saturated heterocycles. The standard InChI is InChI=1S/C24H25F3N4O3/c1-16-21(28-22(34-16)17-7-9-18(33-2)10-8-17)15-30-11-13-31(14-12-30)23(32)29-20-6-4-3-5-19(20)24(25,26)27/h3-10H,11-15H2,1-2H3,(H,29,32). The highest BCUT2D eigenvalue weighted by Crippen LogP contribution is 2.34. The molecule has 34 heavy (non-hydrogen) atoms. The molecular weight excluding hydrogens is 449 g/mol. The molecule has 0 spiro atoms. The van der Waals surface area contributed by atoms with Gasteiger partial charge in [-0.3, -0.25) is 4.90 Å². The van der Waals surface area contributed by atoms with Gasteiger partial charge in [-0.2, -0.15) is 13.2 Å². The molecule has 1 aromatic heterocycles. The van der Waals surface area contributed by atoms with Gasteiger partial charge in [-0.15, -0.1) is 0 Å². The van der Waals surface area contributed by atoms with Gasteiger partial charge in [0.05, 0.1) is 24.1 Å². The van der Waals surface area contributed by atoms with Gasteiger partial charge in [-0.25, -0.2) is 9.78 Å². The minimum atomic E-state index is -4.54. The van der Waals surface area contributed by atoms with E-state index in [0.29, 0.717) is 38.6 Å². The number of aryl methyl sites for hydroxylation is 1. The molecule has 0 saturated carbocycles. The summed E-state index contributed by atoms with van der Waals surface area (Å²) in [6, 6.07) is 11.9. The second kappa shape index (κ2) is 9.76. The van der Waals surface area contributed by atoms with Gasteiger partial charge < -0.3 is 19.4 Å². The Hall–Kier alpha value is -3.53. The number of para-hydroxylation sites is 1. The Balaban J connectivity index is 1.34. The Labute approximate surface area is 195 Å². The number of urea groups is 1. The van der Waals surface area contributed by atoms with Crippen LogP contribution in [-0.2, 0) is 12.7 Å². The fraction of sp³-hybridized carbons (Fsp3) is 0.333.